The van der Waals surface area contributed by atoms with Gasteiger partial charge in [-0.25, -0.2) is 0 Å². The molecule has 2 aromatic rings. The number of likely N-dealkylation sites (N-methyl/N-ethyl adjacent to an activating group) is 1. The average Bonchev–Trinajstić information content (AvgIpc) is 2.78. The van der Waals surface area contributed by atoms with Crippen molar-refractivity contribution in [2.75, 3.05) is 39.8 Å². The second-order valence-corrected chi connectivity index (χ2v) is 7.90. The minimum Gasteiger partial charge on any atom is -0.494 e. The maximum absolute atomic E-state index is 5.98. The molecule has 0 unspecified atom stereocenters. The van der Waals surface area contributed by atoms with E-state index in [0.717, 1.165) is 43.1 Å². The average molecular weight is 390 g/mol. The number of benzene rings is 2. The molecule has 0 spiro atoms. The van der Waals surface area contributed by atoms with E-state index in [1.54, 1.807) is 0 Å². The summed E-state index contributed by atoms with van der Waals surface area (Å²) in [5, 5.41) is 6.78. The number of allylic oxidation sites excluding steroid dienone is 1. The molecule has 152 valence electrons. The fourth-order valence-electron chi connectivity index (χ4n) is 4.04. The molecule has 29 heavy (non-hydrogen) atoms. The summed E-state index contributed by atoms with van der Waals surface area (Å²) < 4.78 is 5.98. The van der Waals surface area contributed by atoms with E-state index in [2.05, 4.69) is 59.5 Å². The van der Waals surface area contributed by atoms with Crippen LogP contribution in [-0.2, 0) is 0 Å². The zero-order valence-electron chi connectivity index (χ0n) is 17.4. The second-order valence-electron chi connectivity index (χ2n) is 7.90. The van der Waals surface area contributed by atoms with Crippen molar-refractivity contribution in [3.63, 3.8) is 0 Å². The van der Waals surface area contributed by atoms with Crippen molar-refractivity contribution in [3.8, 4) is 5.75 Å². The first-order chi connectivity index (χ1) is 14.3. The highest BCUT2D eigenvalue weighted by Gasteiger charge is 2.17. The van der Waals surface area contributed by atoms with Crippen molar-refractivity contribution < 1.29 is 4.74 Å². The lowest BCUT2D eigenvalue weighted by molar-refractivity contribution is 0.205. The van der Waals surface area contributed by atoms with Gasteiger partial charge < -0.3 is 9.64 Å². The monoisotopic (exact) mass is 389 g/mol. The van der Waals surface area contributed by atoms with E-state index in [1.165, 1.54) is 43.5 Å². The molecule has 0 aliphatic carbocycles. The van der Waals surface area contributed by atoms with E-state index in [4.69, 9.17) is 9.84 Å². The van der Waals surface area contributed by atoms with Crippen LogP contribution < -0.4 is 4.74 Å². The SMILES string of the molecule is CN1CC=C(c2ccccc2)C(c2ccc(OCCCN3CCCCC3)cc2)=N1. The lowest BCUT2D eigenvalue weighted by atomic mass is 9.95. The highest BCUT2D eigenvalue weighted by molar-refractivity contribution is 6.32. The molecule has 0 radical (unpaired) electrons. The summed E-state index contributed by atoms with van der Waals surface area (Å²) in [5.41, 5.74) is 4.53. The summed E-state index contributed by atoms with van der Waals surface area (Å²) in [7, 11) is 2.01. The number of hydrogen-bond donors (Lipinski definition) is 0. The summed E-state index contributed by atoms with van der Waals surface area (Å²) in [6, 6.07) is 18.9. The molecular weight excluding hydrogens is 358 g/mol. The van der Waals surface area contributed by atoms with Crippen molar-refractivity contribution >= 4 is 11.3 Å². The first-order valence-corrected chi connectivity index (χ1v) is 10.8. The van der Waals surface area contributed by atoms with Crippen LogP contribution in [0.3, 0.4) is 0 Å². The third-order valence-corrected chi connectivity index (χ3v) is 5.63. The molecular formula is C25H31N3O. The molecule has 0 atom stereocenters. The summed E-state index contributed by atoms with van der Waals surface area (Å²) in [4.78, 5) is 2.56. The Bertz CT molecular complexity index is 836. The van der Waals surface area contributed by atoms with Crippen molar-refractivity contribution in [2.24, 2.45) is 5.10 Å². The number of piperidine rings is 1. The molecule has 4 rings (SSSR count). The molecule has 2 aromatic carbocycles. The van der Waals surface area contributed by atoms with Crippen LogP contribution in [0.4, 0.5) is 0 Å². The molecule has 0 saturated carbocycles. The lowest BCUT2D eigenvalue weighted by Gasteiger charge is -2.26. The van der Waals surface area contributed by atoms with Gasteiger partial charge in [-0.2, -0.15) is 5.10 Å². The van der Waals surface area contributed by atoms with E-state index in [-0.39, 0.29) is 0 Å². The maximum Gasteiger partial charge on any atom is 0.119 e. The Kier molecular flexibility index (Phi) is 6.63. The summed E-state index contributed by atoms with van der Waals surface area (Å²) in [6.45, 7) is 5.25. The molecule has 1 fully saturated rings. The van der Waals surface area contributed by atoms with Gasteiger partial charge in [-0.05, 0) is 62.2 Å². The van der Waals surface area contributed by atoms with Gasteiger partial charge in [0, 0.05) is 24.7 Å². The minimum absolute atomic E-state index is 0.773. The van der Waals surface area contributed by atoms with E-state index in [0.29, 0.717) is 0 Å². The lowest BCUT2D eigenvalue weighted by Crippen LogP contribution is -2.31. The third kappa shape index (κ3) is 5.27. The number of nitrogens with zero attached hydrogens (tertiary/aromatic N) is 3. The fourth-order valence-corrected chi connectivity index (χ4v) is 4.04. The predicted octanol–water partition coefficient (Wildman–Crippen LogP) is 4.67. The number of hydrazone groups is 1. The molecule has 1 saturated heterocycles. The Labute approximate surface area is 174 Å². The Morgan fingerprint density at radius 3 is 2.41 bits per heavy atom. The number of ether oxygens (including phenoxy) is 1. The highest BCUT2D eigenvalue weighted by atomic mass is 16.5. The van der Waals surface area contributed by atoms with Crippen molar-refractivity contribution in [2.45, 2.75) is 25.7 Å². The van der Waals surface area contributed by atoms with Crippen LogP contribution in [0.2, 0.25) is 0 Å². The van der Waals surface area contributed by atoms with Gasteiger partial charge in [0.25, 0.3) is 0 Å². The maximum atomic E-state index is 5.98. The number of likely N-dealkylation sites (tertiary alicyclic amines) is 1. The fraction of sp³-hybridized carbons (Fsp3) is 0.400. The van der Waals surface area contributed by atoms with Gasteiger partial charge in [0.1, 0.15) is 5.75 Å². The van der Waals surface area contributed by atoms with Crippen LogP contribution in [-0.4, -0.2) is 55.5 Å². The van der Waals surface area contributed by atoms with E-state index < -0.39 is 0 Å². The normalized spacial score (nSPS) is 17.6. The van der Waals surface area contributed by atoms with Gasteiger partial charge in [-0.3, -0.25) is 5.01 Å². The van der Waals surface area contributed by atoms with Gasteiger partial charge >= 0.3 is 0 Å². The Morgan fingerprint density at radius 2 is 1.66 bits per heavy atom. The molecule has 4 heteroatoms. The standard InChI is InChI=1S/C25H31N3O/c1-27-19-15-24(21-9-4-2-5-10-21)25(26-27)22-11-13-23(14-12-22)29-20-8-18-28-16-6-3-7-17-28/h2,4-5,9-15H,3,6-8,16-20H2,1H3. The number of rotatable bonds is 7. The molecule has 0 amide bonds. The van der Waals surface area contributed by atoms with Gasteiger partial charge in [0.05, 0.1) is 18.9 Å². The topological polar surface area (TPSA) is 28.1 Å². The molecule has 2 heterocycles. The summed E-state index contributed by atoms with van der Waals surface area (Å²) >= 11 is 0. The molecule has 2 aliphatic rings. The second kappa shape index (κ2) is 9.75. The minimum atomic E-state index is 0.773. The largest absolute Gasteiger partial charge is 0.494 e. The molecule has 4 nitrogen and oxygen atoms in total. The number of hydrogen-bond acceptors (Lipinski definition) is 4. The molecule has 0 N–H and O–H groups in total. The van der Waals surface area contributed by atoms with E-state index in [9.17, 15) is 0 Å². The molecule has 2 aliphatic heterocycles. The van der Waals surface area contributed by atoms with Crippen molar-refractivity contribution in [1.82, 2.24) is 9.91 Å². The summed E-state index contributed by atoms with van der Waals surface area (Å²) in [5.74, 6) is 0.933. The van der Waals surface area contributed by atoms with Crippen LogP contribution >= 0.6 is 0 Å². The van der Waals surface area contributed by atoms with Crippen LogP contribution in [0.15, 0.2) is 65.8 Å². The van der Waals surface area contributed by atoms with Crippen molar-refractivity contribution in [3.05, 3.63) is 71.8 Å². The zero-order valence-corrected chi connectivity index (χ0v) is 17.4. The first kappa shape index (κ1) is 19.7. The van der Waals surface area contributed by atoms with Crippen LogP contribution in [0.5, 0.6) is 5.75 Å². The first-order valence-electron chi connectivity index (χ1n) is 10.8. The van der Waals surface area contributed by atoms with Gasteiger partial charge in [-0.1, -0.05) is 42.8 Å². The highest BCUT2D eigenvalue weighted by Crippen LogP contribution is 2.25. The molecule has 0 bridgehead atoms. The van der Waals surface area contributed by atoms with Crippen LogP contribution in [0.1, 0.15) is 36.8 Å². The summed E-state index contributed by atoms with van der Waals surface area (Å²) in [6.07, 6.45) is 7.42. The van der Waals surface area contributed by atoms with Crippen LogP contribution in [0.25, 0.3) is 5.57 Å². The Hall–Kier alpha value is -2.59. The van der Waals surface area contributed by atoms with Gasteiger partial charge in [-0.15, -0.1) is 0 Å². The van der Waals surface area contributed by atoms with Crippen molar-refractivity contribution in [1.29, 1.82) is 0 Å². The van der Waals surface area contributed by atoms with E-state index >= 15 is 0 Å². The third-order valence-electron chi connectivity index (χ3n) is 5.63. The Balaban J connectivity index is 1.36. The smallest absolute Gasteiger partial charge is 0.119 e. The Morgan fingerprint density at radius 1 is 0.897 bits per heavy atom. The zero-order chi connectivity index (χ0) is 19.9. The predicted molar refractivity (Wildman–Crippen MR) is 120 cm³/mol. The van der Waals surface area contributed by atoms with Gasteiger partial charge in [0.2, 0.25) is 0 Å². The molecule has 0 aromatic heterocycles. The van der Waals surface area contributed by atoms with Gasteiger partial charge in [0.15, 0.2) is 0 Å². The van der Waals surface area contributed by atoms with Crippen LogP contribution in [0, 0.1) is 0 Å². The quantitative estimate of drug-likeness (QED) is 0.644. The van der Waals surface area contributed by atoms with E-state index in [1.807, 2.05) is 18.1 Å².